The molecule has 0 aromatic carbocycles. The van der Waals surface area contributed by atoms with Gasteiger partial charge in [0.1, 0.15) is 0 Å². The van der Waals surface area contributed by atoms with E-state index in [0.717, 1.165) is 19.3 Å². The lowest BCUT2D eigenvalue weighted by Gasteiger charge is -2.10. The Morgan fingerprint density at radius 2 is 1.82 bits per heavy atom. The Balaban J connectivity index is 3.22. The lowest BCUT2D eigenvalue weighted by molar-refractivity contribution is -0.122. The molecule has 100 valence electrons. The Labute approximate surface area is 105 Å². The molecule has 3 heteroatoms. The molecule has 0 aromatic rings. The molecule has 0 rings (SSSR count). The van der Waals surface area contributed by atoms with Crippen LogP contribution in [0.15, 0.2) is 12.7 Å². The fourth-order valence-electron chi connectivity index (χ4n) is 1.67. The van der Waals surface area contributed by atoms with E-state index in [1.54, 1.807) is 6.92 Å². The number of nitrogens with one attached hydrogen (secondary N) is 1. The Kier molecular flexibility index (Phi) is 11.1. The molecule has 1 unspecified atom stereocenters. The van der Waals surface area contributed by atoms with Gasteiger partial charge in [-0.3, -0.25) is 4.79 Å². The second-order valence-electron chi connectivity index (χ2n) is 4.60. The van der Waals surface area contributed by atoms with Crippen molar-refractivity contribution in [3.63, 3.8) is 0 Å². The van der Waals surface area contributed by atoms with Gasteiger partial charge in [-0.1, -0.05) is 31.8 Å². The third-order valence-corrected chi connectivity index (χ3v) is 2.74. The lowest BCUT2D eigenvalue weighted by atomic mass is 10.1. The summed E-state index contributed by atoms with van der Waals surface area (Å²) < 4.78 is 0. The molecule has 0 spiro atoms. The molecule has 0 radical (unpaired) electrons. The summed E-state index contributed by atoms with van der Waals surface area (Å²) in [5.74, 6) is 0.0539. The summed E-state index contributed by atoms with van der Waals surface area (Å²) in [5, 5.41) is 11.5. The average molecular weight is 241 g/mol. The van der Waals surface area contributed by atoms with Crippen molar-refractivity contribution in [1.29, 1.82) is 0 Å². The quantitative estimate of drug-likeness (QED) is 0.431. The second-order valence-corrected chi connectivity index (χ2v) is 4.60. The maximum Gasteiger partial charge on any atom is 0.220 e. The van der Waals surface area contributed by atoms with Gasteiger partial charge in [0.15, 0.2) is 0 Å². The maximum absolute atomic E-state index is 11.4. The van der Waals surface area contributed by atoms with Crippen molar-refractivity contribution in [3.8, 4) is 0 Å². The van der Waals surface area contributed by atoms with Crippen molar-refractivity contribution in [2.24, 2.45) is 0 Å². The van der Waals surface area contributed by atoms with Crippen molar-refractivity contribution in [2.75, 3.05) is 6.61 Å². The first-order chi connectivity index (χ1) is 8.20. The minimum atomic E-state index is -0.124. The maximum atomic E-state index is 11.4. The van der Waals surface area contributed by atoms with Gasteiger partial charge in [-0.2, -0.15) is 0 Å². The largest absolute Gasteiger partial charge is 0.394 e. The van der Waals surface area contributed by atoms with E-state index < -0.39 is 0 Å². The highest BCUT2D eigenvalue weighted by Crippen LogP contribution is 2.08. The highest BCUT2D eigenvalue weighted by molar-refractivity contribution is 5.76. The van der Waals surface area contributed by atoms with E-state index in [2.05, 4.69) is 11.9 Å². The fraction of sp³-hybridized carbons (Fsp3) is 0.786. The zero-order chi connectivity index (χ0) is 12.9. The summed E-state index contributed by atoms with van der Waals surface area (Å²) in [6, 6.07) is -0.124. The predicted octanol–water partition coefficient (Wildman–Crippen LogP) is 2.79. The van der Waals surface area contributed by atoms with Gasteiger partial charge in [-0.05, 0) is 26.2 Å². The standard InChI is InChI=1S/C14H27NO2/c1-3-4-5-6-7-8-9-10-11-14(17)15-13(2)12-16/h3,13,16H,1,4-12H2,2H3,(H,15,17). The fourth-order valence-corrected chi connectivity index (χ4v) is 1.67. The van der Waals surface area contributed by atoms with Crippen molar-refractivity contribution in [2.45, 2.75) is 64.3 Å². The second kappa shape index (κ2) is 11.6. The minimum Gasteiger partial charge on any atom is -0.394 e. The van der Waals surface area contributed by atoms with Crippen LogP contribution in [0.5, 0.6) is 0 Å². The molecule has 0 aromatic heterocycles. The Morgan fingerprint density at radius 3 is 2.41 bits per heavy atom. The SMILES string of the molecule is C=CCCCCCCCCC(=O)NC(C)CO. The molecule has 0 heterocycles. The smallest absolute Gasteiger partial charge is 0.220 e. The van der Waals surface area contributed by atoms with Crippen molar-refractivity contribution >= 4 is 5.91 Å². The first-order valence-corrected chi connectivity index (χ1v) is 6.71. The van der Waals surface area contributed by atoms with E-state index in [1.165, 1.54) is 25.7 Å². The molecule has 3 nitrogen and oxygen atoms in total. The topological polar surface area (TPSA) is 49.3 Å². The van der Waals surface area contributed by atoms with Crippen LogP contribution in [0.2, 0.25) is 0 Å². The number of hydrogen-bond acceptors (Lipinski definition) is 2. The van der Waals surface area contributed by atoms with Crippen LogP contribution in [-0.4, -0.2) is 23.7 Å². The number of allylic oxidation sites excluding steroid dienone is 1. The number of rotatable bonds is 11. The molecule has 2 N–H and O–H groups in total. The Hall–Kier alpha value is -0.830. The summed E-state index contributed by atoms with van der Waals surface area (Å²) in [5.41, 5.74) is 0. The van der Waals surface area contributed by atoms with Crippen LogP contribution < -0.4 is 5.32 Å². The third-order valence-electron chi connectivity index (χ3n) is 2.74. The summed E-state index contributed by atoms with van der Waals surface area (Å²) in [6.07, 6.45) is 10.7. The van der Waals surface area contributed by atoms with E-state index in [1.807, 2.05) is 6.08 Å². The van der Waals surface area contributed by atoms with E-state index >= 15 is 0 Å². The van der Waals surface area contributed by atoms with Crippen molar-refractivity contribution in [3.05, 3.63) is 12.7 Å². The first kappa shape index (κ1) is 16.2. The van der Waals surface area contributed by atoms with Gasteiger partial charge in [0, 0.05) is 12.5 Å². The molecule has 0 aliphatic heterocycles. The molecular weight excluding hydrogens is 214 g/mol. The van der Waals surface area contributed by atoms with E-state index in [4.69, 9.17) is 5.11 Å². The molecule has 0 bridgehead atoms. The monoisotopic (exact) mass is 241 g/mol. The van der Waals surface area contributed by atoms with Crippen LogP contribution in [-0.2, 0) is 4.79 Å². The summed E-state index contributed by atoms with van der Waals surface area (Å²) in [7, 11) is 0. The van der Waals surface area contributed by atoms with E-state index in [0.29, 0.717) is 6.42 Å². The number of hydrogen-bond donors (Lipinski definition) is 2. The average Bonchev–Trinajstić information content (AvgIpc) is 2.32. The van der Waals surface area contributed by atoms with Gasteiger partial charge >= 0.3 is 0 Å². The van der Waals surface area contributed by atoms with Crippen LogP contribution in [0.3, 0.4) is 0 Å². The molecular formula is C14H27NO2. The third kappa shape index (κ3) is 11.4. The lowest BCUT2D eigenvalue weighted by Crippen LogP contribution is -2.34. The Bertz CT molecular complexity index is 204. The number of aliphatic hydroxyl groups is 1. The van der Waals surface area contributed by atoms with Crippen molar-refractivity contribution in [1.82, 2.24) is 5.32 Å². The van der Waals surface area contributed by atoms with Crippen LogP contribution in [0, 0.1) is 0 Å². The number of unbranched alkanes of at least 4 members (excludes halogenated alkanes) is 6. The minimum absolute atomic E-state index is 0.00897. The van der Waals surface area contributed by atoms with Crippen LogP contribution in [0.4, 0.5) is 0 Å². The molecule has 0 aliphatic rings. The van der Waals surface area contributed by atoms with Crippen LogP contribution in [0.1, 0.15) is 58.3 Å². The first-order valence-electron chi connectivity index (χ1n) is 6.71. The molecule has 0 aliphatic carbocycles. The van der Waals surface area contributed by atoms with Crippen LogP contribution in [0.25, 0.3) is 0 Å². The molecule has 0 fully saturated rings. The molecule has 1 amide bonds. The molecule has 17 heavy (non-hydrogen) atoms. The van der Waals surface area contributed by atoms with Gasteiger partial charge in [0.2, 0.25) is 5.91 Å². The highest BCUT2D eigenvalue weighted by Gasteiger charge is 2.04. The summed E-state index contributed by atoms with van der Waals surface area (Å²) in [4.78, 5) is 11.4. The van der Waals surface area contributed by atoms with Crippen molar-refractivity contribution < 1.29 is 9.90 Å². The van der Waals surface area contributed by atoms with Gasteiger partial charge in [-0.15, -0.1) is 6.58 Å². The van der Waals surface area contributed by atoms with E-state index in [-0.39, 0.29) is 18.6 Å². The van der Waals surface area contributed by atoms with Crippen LogP contribution >= 0.6 is 0 Å². The normalized spacial score (nSPS) is 12.1. The summed E-state index contributed by atoms with van der Waals surface area (Å²) in [6.45, 7) is 5.51. The summed E-state index contributed by atoms with van der Waals surface area (Å²) >= 11 is 0. The van der Waals surface area contributed by atoms with Gasteiger partial charge in [0.25, 0.3) is 0 Å². The molecule has 1 atom stereocenters. The highest BCUT2D eigenvalue weighted by atomic mass is 16.3. The number of carbonyl (C=O) groups excluding carboxylic acids is 1. The van der Waals surface area contributed by atoms with Gasteiger partial charge in [-0.25, -0.2) is 0 Å². The van der Waals surface area contributed by atoms with E-state index in [9.17, 15) is 4.79 Å². The number of amides is 1. The predicted molar refractivity (Wildman–Crippen MR) is 71.8 cm³/mol. The number of carbonyl (C=O) groups is 1. The molecule has 0 saturated carbocycles. The zero-order valence-electron chi connectivity index (χ0n) is 11.1. The zero-order valence-corrected chi connectivity index (χ0v) is 11.1. The van der Waals surface area contributed by atoms with Gasteiger partial charge < -0.3 is 10.4 Å². The molecule has 0 saturated heterocycles. The van der Waals surface area contributed by atoms with Gasteiger partial charge in [0.05, 0.1) is 6.61 Å². The number of aliphatic hydroxyl groups excluding tert-OH is 1. The Morgan fingerprint density at radius 1 is 1.24 bits per heavy atom.